The van der Waals surface area contributed by atoms with Gasteiger partial charge in [0.25, 0.3) is 0 Å². The number of methoxy groups -OCH3 is 1. The van der Waals surface area contributed by atoms with Crippen LogP contribution >= 0.6 is 0 Å². The number of rotatable bonds is 7. The Morgan fingerprint density at radius 1 is 1.11 bits per heavy atom. The lowest BCUT2D eigenvalue weighted by Gasteiger charge is -2.34. The fourth-order valence-corrected chi connectivity index (χ4v) is 2.96. The van der Waals surface area contributed by atoms with Gasteiger partial charge in [0.05, 0.1) is 6.61 Å². The number of hydrogen-bond acceptors (Lipinski definition) is 5. The van der Waals surface area contributed by atoms with E-state index in [1.54, 1.807) is 7.11 Å². The lowest BCUT2D eigenvalue weighted by molar-refractivity contribution is 0.143. The van der Waals surface area contributed by atoms with Crippen LogP contribution in [0.15, 0.2) is 48.8 Å². The van der Waals surface area contributed by atoms with Crippen molar-refractivity contribution in [3.05, 3.63) is 54.4 Å². The maximum absolute atomic E-state index is 12.5. The molecular formula is C20H26N4O3. The third kappa shape index (κ3) is 5.94. The van der Waals surface area contributed by atoms with Gasteiger partial charge in [0.15, 0.2) is 0 Å². The maximum Gasteiger partial charge on any atom is 0.321 e. The number of piperazine rings is 1. The Balaban J connectivity index is 1.46. The number of carbonyl (C=O) groups excluding carboxylic acids is 1. The Morgan fingerprint density at radius 2 is 1.89 bits per heavy atom. The number of benzene rings is 1. The number of aromatic nitrogens is 1. The topological polar surface area (TPSA) is 66.9 Å². The molecule has 0 atom stereocenters. The number of carbonyl (C=O) groups is 1. The number of nitrogens with one attached hydrogen (secondary N) is 1. The van der Waals surface area contributed by atoms with Crippen LogP contribution in [-0.2, 0) is 11.3 Å². The monoisotopic (exact) mass is 370 g/mol. The van der Waals surface area contributed by atoms with Gasteiger partial charge in [-0.2, -0.15) is 0 Å². The molecule has 1 saturated heterocycles. The molecule has 2 aromatic rings. The second-order valence-electron chi connectivity index (χ2n) is 6.42. The standard InChI is InChI=1S/C20H26N4O3/c1-26-13-14-27-19-4-2-3-18(15-19)22-20(25)24-11-9-23(10-12-24)16-17-5-7-21-8-6-17/h2-8,15H,9-14,16H2,1H3,(H,22,25). The highest BCUT2D eigenvalue weighted by Gasteiger charge is 2.21. The van der Waals surface area contributed by atoms with Crippen molar-refractivity contribution in [3.63, 3.8) is 0 Å². The summed E-state index contributed by atoms with van der Waals surface area (Å²) in [6.07, 6.45) is 3.62. The van der Waals surface area contributed by atoms with Gasteiger partial charge in [0.2, 0.25) is 0 Å². The first kappa shape index (κ1) is 19.1. The lowest BCUT2D eigenvalue weighted by Crippen LogP contribution is -2.49. The highest BCUT2D eigenvalue weighted by Crippen LogP contribution is 2.18. The molecule has 1 fully saturated rings. The second-order valence-corrected chi connectivity index (χ2v) is 6.42. The summed E-state index contributed by atoms with van der Waals surface area (Å²) in [6.45, 7) is 5.03. The number of anilines is 1. The zero-order valence-corrected chi connectivity index (χ0v) is 15.6. The molecule has 2 amide bonds. The van der Waals surface area contributed by atoms with E-state index in [1.807, 2.05) is 53.7 Å². The fraction of sp³-hybridized carbons (Fsp3) is 0.400. The molecule has 0 unspecified atom stereocenters. The summed E-state index contributed by atoms with van der Waals surface area (Å²) >= 11 is 0. The van der Waals surface area contributed by atoms with Gasteiger partial charge in [0.1, 0.15) is 12.4 Å². The van der Waals surface area contributed by atoms with E-state index < -0.39 is 0 Å². The van der Waals surface area contributed by atoms with Gasteiger partial charge < -0.3 is 19.7 Å². The van der Waals surface area contributed by atoms with Gasteiger partial charge >= 0.3 is 6.03 Å². The van der Waals surface area contributed by atoms with E-state index in [9.17, 15) is 4.79 Å². The van der Waals surface area contributed by atoms with Crippen LogP contribution in [0.4, 0.5) is 10.5 Å². The molecule has 0 bridgehead atoms. The van der Waals surface area contributed by atoms with Crippen LogP contribution in [0.5, 0.6) is 5.75 Å². The first-order valence-electron chi connectivity index (χ1n) is 9.13. The van der Waals surface area contributed by atoms with Crippen molar-refractivity contribution in [1.29, 1.82) is 0 Å². The first-order chi connectivity index (χ1) is 13.2. The van der Waals surface area contributed by atoms with Gasteiger partial charge in [-0.25, -0.2) is 4.79 Å². The average Bonchev–Trinajstić information content (AvgIpc) is 2.70. The Morgan fingerprint density at radius 3 is 2.63 bits per heavy atom. The molecule has 1 aliphatic heterocycles. The summed E-state index contributed by atoms with van der Waals surface area (Å²) in [5.74, 6) is 0.715. The summed E-state index contributed by atoms with van der Waals surface area (Å²) < 4.78 is 10.6. The minimum Gasteiger partial charge on any atom is -0.491 e. The molecule has 7 heteroatoms. The van der Waals surface area contributed by atoms with Crippen LogP contribution in [0.2, 0.25) is 0 Å². The summed E-state index contributed by atoms with van der Waals surface area (Å²) in [5.41, 5.74) is 1.97. The van der Waals surface area contributed by atoms with Crippen LogP contribution in [-0.4, -0.2) is 67.3 Å². The average molecular weight is 370 g/mol. The van der Waals surface area contributed by atoms with Gasteiger partial charge in [-0.15, -0.1) is 0 Å². The molecule has 7 nitrogen and oxygen atoms in total. The molecule has 1 aliphatic rings. The Hall–Kier alpha value is -2.64. The maximum atomic E-state index is 12.5. The van der Waals surface area contributed by atoms with Crippen LogP contribution in [0.1, 0.15) is 5.56 Å². The van der Waals surface area contributed by atoms with Gasteiger partial charge in [-0.3, -0.25) is 9.88 Å². The summed E-state index contributed by atoms with van der Waals surface area (Å²) in [6, 6.07) is 11.4. The molecule has 1 aromatic heterocycles. The van der Waals surface area contributed by atoms with Crippen LogP contribution < -0.4 is 10.1 Å². The third-order valence-corrected chi connectivity index (χ3v) is 4.46. The summed E-state index contributed by atoms with van der Waals surface area (Å²) in [7, 11) is 1.64. The number of ether oxygens (including phenoxy) is 2. The number of hydrogen-bond donors (Lipinski definition) is 1. The Kier molecular flexibility index (Phi) is 7.01. The predicted molar refractivity (Wildman–Crippen MR) is 104 cm³/mol. The van der Waals surface area contributed by atoms with Crippen molar-refractivity contribution in [2.75, 3.05) is 51.8 Å². The van der Waals surface area contributed by atoms with E-state index in [0.717, 1.165) is 25.3 Å². The Labute approximate surface area is 159 Å². The summed E-state index contributed by atoms with van der Waals surface area (Å²) in [5, 5.41) is 2.96. The molecular weight excluding hydrogens is 344 g/mol. The predicted octanol–water partition coefficient (Wildman–Crippen LogP) is 2.46. The van der Waals surface area contributed by atoms with E-state index in [-0.39, 0.29) is 6.03 Å². The van der Waals surface area contributed by atoms with Crippen molar-refractivity contribution in [2.45, 2.75) is 6.54 Å². The molecule has 0 radical (unpaired) electrons. The SMILES string of the molecule is COCCOc1cccc(NC(=O)N2CCN(Cc3ccncc3)CC2)c1. The van der Waals surface area contributed by atoms with Crippen molar-refractivity contribution >= 4 is 11.7 Å². The van der Waals surface area contributed by atoms with Crippen LogP contribution in [0.3, 0.4) is 0 Å². The minimum absolute atomic E-state index is 0.0763. The molecule has 3 rings (SSSR count). The van der Waals surface area contributed by atoms with E-state index in [2.05, 4.69) is 15.2 Å². The summed E-state index contributed by atoms with van der Waals surface area (Å²) in [4.78, 5) is 20.8. The van der Waals surface area contributed by atoms with E-state index in [0.29, 0.717) is 32.1 Å². The van der Waals surface area contributed by atoms with Crippen molar-refractivity contribution in [3.8, 4) is 5.75 Å². The van der Waals surface area contributed by atoms with E-state index in [4.69, 9.17) is 9.47 Å². The number of amides is 2. The molecule has 144 valence electrons. The molecule has 2 heterocycles. The molecule has 1 N–H and O–H groups in total. The zero-order chi connectivity index (χ0) is 18.9. The van der Waals surface area contributed by atoms with Crippen molar-refractivity contribution in [2.24, 2.45) is 0 Å². The molecule has 0 saturated carbocycles. The molecule has 27 heavy (non-hydrogen) atoms. The lowest BCUT2D eigenvalue weighted by atomic mass is 10.2. The molecule has 0 spiro atoms. The number of pyridine rings is 1. The number of nitrogens with zero attached hydrogens (tertiary/aromatic N) is 3. The normalized spacial score (nSPS) is 14.8. The fourth-order valence-electron chi connectivity index (χ4n) is 2.96. The molecule has 1 aromatic carbocycles. The van der Waals surface area contributed by atoms with Gasteiger partial charge in [0, 0.05) is 64.0 Å². The van der Waals surface area contributed by atoms with Crippen LogP contribution in [0.25, 0.3) is 0 Å². The third-order valence-electron chi connectivity index (χ3n) is 4.46. The second kappa shape index (κ2) is 9.89. The van der Waals surface area contributed by atoms with Gasteiger partial charge in [-0.05, 0) is 29.8 Å². The van der Waals surface area contributed by atoms with Gasteiger partial charge in [-0.1, -0.05) is 6.07 Å². The molecule has 0 aliphatic carbocycles. The van der Waals surface area contributed by atoms with E-state index in [1.165, 1.54) is 5.56 Å². The highest BCUT2D eigenvalue weighted by atomic mass is 16.5. The highest BCUT2D eigenvalue weighted by molar-refractivity contribution is 5.89. The first-order valence-corrected chi connectivity index (χ1v) is 9.13. The quantitative estimate of drug-likeness (QED) is 0.759. The minimum atomic E-state index is -0.0763. The van der Waals surface area contributed by atoms with Crippen LogP contribution in [0, 0.1) is 0 Å². The van der Waals surface area contributed by atoms with Crippen molar-refractivity contribution < 1.29 is 14.3 Å². The smallest absolute Gasteiger partial charge is 0.321 e. The largest absolute Gasteiger partial charge is 0.491 e. The van der Waals surface area contributed by atoms with Crippen molar-refractivity contribution in [1.82, 2.24) is 14.8 Å². The Bertz CT molecular complexity index is 718. The zero-order valence-electron chi connectivity index (χ0n) is 15.6. The number of urea groups is 1. The van der Waals surface area contributed by atoms with E-state index >= 15 is 0 Å².